The van der Waals surface area contributed by atoms with Gasteiger partial charge in [-0.25, -0.2) is 4.39 Å². The van der Waals surface area contributed by atoms with Crippen LogP contribution in [0.1, 0.15) is 43.1 Å². The molecule has 2 atom stereocenters. The zero-order valence-electron chi connectivity index (χ0n) is 9.45. The lowest BCUT2D eigenvalue weighted by molar-refractivity contribution is 0.0858. The summed E-state index contributed by atoms with van der Waals surface area (Å²) in [6, 6.07) is 2.81. The summed E-state index contributed by atoms with van der Waals surface area (Å²) in [5, 5.41) is 0. The summed E-state index contributed by atoms with van der Waals surface area (Å²) in [4.78, 5) is 15.9. The highest BCUT2D eigenvalue weighted by molar-refractivity contribution is 5.96. The second-order valence-electron chi connectivity index (χ2n) is 4.67. The highest BCUT2D eigenvalue weighted by atomic mass is 19.1. The second kappa shape index (κ2) is 4.73. The summed E-state index contributed by atoms with van der Waals surface area (Å²) >= 11 is 0. The van der Waals surface area contributed by atoms with Crippen LogP contribution < -0.4 is 0 Å². The number of hydrogen-bond donors (Lipinski definition) is 0. The highest BCUT2D eigenvalue weighted by Gasteiger charge is 2.28. The van der Waals surface area contributed by atoms with Gasteiger partial charge in [-0.15, -0.1) is 0 Å². The first-order chi connectivity index (χ1) is 7.68. The monoisotopic (exact) mass is 221 g/mol. The number of aromatic nitrogens is 1. The van der Waals surface area contributed by atoms with Gasteiger partial charge >= 0.3 is 0 Å². The third-order valence-corrected chi connectivity index (χ3v) is 3.30. The first kappa shape index (κ1) is 11.2. The summed E-state index contributed by atoms with van der Waals surface area (Å²) < 4.78 is 13.4. The Morgan fingerprint density at radius 3 is 3.00 bits per heavy atom. The fourth-order valence-corrected chi connectivity index (χ4v) is 2.43. The number of ketones is 1. The van der Waals surface area contributed by atoms with Crippen molar-refractivity contribution in [2.45, 2.75) is 32.6 Å². The van der Waals surface area contributed by atoms with Crippen molar-refractivity contribution in [1.82, 2.24) is 4.98 Å². The van der Waals surface area contributed by atoms with Crippen LogP contribution in [0.5, 0.6) is 0 Å². The van der Waals surface area contributed by atoms with Crippen LogP contribution in [0.3, 0.4) is 0 Å². The predicted molar refractivity (Wildman–Crippen MR) is 59.6 cm³/mol. The molecular formula is C13H16FNO. The molecule has 1 fully saturated rings. The van der Waals surface area contributed by atoms with E-state index in [4.69, 9.17) is 0 Å². The molecule has 2 rings (SSSR count). The van der Waals surface area contributed by atoms with Crippen molar-refractivity contribution < 1.29 is 9.18 Å². The van der Waals surface area contributed by atoms with Gasteiger partial charge in [-0.3, -0.25) is 9.78 Å². The van der Waals surface area contributed by atoms with Crippen LogP contribution in [-0.2, 0) is 0 Å². The number of halogens is 1. The smallest absolute Gasteiger partial charge is 0.187 e. The highest BCUT2D eigenvalue weighted by Crippen LogP contribution is 2.30. The maximum atomic E-state index is 13.4. The fourth-order valence-electron chi connectivity index (χ4n) is 2.43. The molecule has 0 aliphatic heterocycles. The zero-order chi connectivity index (χ0) is 11.5. The normalized spacial score (nSPS) is 25.4. The average Bonchev–Trinajstić information content (AvgIpc) is 2.29. The maximum Gasteiger partial charge on any atom is 0.187 e. The van der Waals surface area contributed by atoms with E-state index in [1.165, 1.54) is 24.8 Å². The molecule has 1 saturated carbocycles. The van der Waals surface area contributed by atoms with Crippen LogP contribution in [0.15, 0.2) is 18.3 Å². The first-order valence-electron chi connectivity index (χ1n) is 5.83. The van der Waals surface area contributed by atoms with Gasteiger partial charge in [-0.2, -0.15) is 0 Å². The Labute approximate surface area is 94.9 Å². The quantitative estimate of drug-likeness (QED) is 0.718. The van der Waals surface area contributed by atoms with E-state index in [-0.39, 0.29) is 17.4 Å². The molecule has 0 saturated heterocycles. The van der Waals surface area contributed by atoms with E-state index in [1.807, 2.05) is 0 Å². The summed E-state index contributed by atoms with van der Waals surface area (Å²) in [5.41, 5.74) is 0.0154. The lowest BCUT2D eigenvalue weighted by Gasteiger charge is -2.25. The average molecular weight is 221 g/mol. The Hall–Kier alpha value is -1.25. The molecule has 86 valence electrons. The van der Waals surface area contributed by atoms with E-state index in [0.717, 1.165) is 19.3 Å². The van der Waals surface area contributed by atoms with Gasteiger partial charge in [-0.1, -0.05) is 19.8 Å². The number of nitrogens with zero attached hydrogens (tertiary/aromatic N) is 1. The minimum atomic E-state index is -0.495. The van der Waals surface area contributed by atoms with E-state index in [0.29, 0.717) is 5.92 Å². The largest absolute Gasteiger partial charge is 0.292 e. The Morgan fingerprint density at radius 1 is 1.50 bits per heavy atom. The standard InChI is InChI=1S/C13H16FNO/c1-9-4-2-5-10(8-9)13(16)12-11(14)6-3-7-15-12/h3,6-7,9-10H,2,4-5,8H2,1H3. The first-order valence-corrected chi connectivity index (χ1v) is 5.83. The molecule has 0 amide bonds. The van der Waals surface area contributed by atoms with E-state index in [1.54, 1.807) is 0 Å². The van der Waals surface area contributed by atoms with Crippen LogP contribution >= 0.6 is 0 Å². The molecule has 1 aromatic rings. The van der Waals surface area contributed by atoms with Crippen molar-refractivity contribution in [3.05, 3.63) is 29.8 Å². The van der Waals surface area contributed by atoms with Crippen molar-refractivity contribution in [2.24, 2.45) is 11.8 Å². The van der Waals surface area contributed by atoms with Gasteiger partial charge in [0.2, 0.25) is 0 Å². The summed E-state index contributed by atoms with van der Waals surface area (Å²) in [6.45, 7) is 2.15. The van der Waals surface area contributed by atoms with Gasteiger partial charge in [0.15, 0.2) is 11.6 Å². The number of pyridine rings is 1. The molecule has 0 N–H and O–H groups in total. The maximum absolute atomic E-state index is 13.4. The van der Waals surface area contributed by atoms with Gasteiger partial charge in [0.1, 0.15) is 5.69 Å². The number of carbonyl (C=O) groups is 1. The Balaban J connectivity index is 2.16. The number of hydrogen-bond acceptors (Lipinski definition) is 2. The molecular weight excluding hydrogens is 205 g/mol. The van der Waals surface area contributed by atoms with Crippen molar-refractivity contribution in [1.29, 1.82) is 0 Å². The number of Topliss-reactive ketones (excluding diaryl/α,β-unsaturated/α-hetero) is 1. The van der Waals surface area contributed by atoms with Gasteiger partial charge in [0.25, 0.3) is 0 Å². The number of carbonyl (C=O) groups excluding carboxylic acids is 1. The third kappa shape index (κ3) is 2.29. The predicted octanol–water partition coefficient (Wildman–Crippen LogP) is 3.23. The molecule has 1 aliphatic carbocycles. The molecule has 2 nitrogen and oxygen atoms in total. The van der Waals surface area contributed by atoms with E-state index >= 15 is 0 Å². The van der Waals surface area contributed by atoms with Crippen molar-refractivity contribution in [2.75, 3.05) is 0 Å². The Kier molecular flexibility index (Phi) is 3.32. The van der Waals surface area contributed by atoms with Gasteiger partial charge in [0, 0.05) is 12.1 Å². The SMILES string of the molecule is CC1CCCC(C(=O)c2ncccc2F)C1. The van der Waals surface area contributed by atoms with Crippen LogP contribution in [0.2, 0.25) is 0 Å². The molecule has 0 spiro atoms. The van der Waals surface area contributed by atoms with Crippen LogP contribution in [0.25, 0.3) is 0 Å². The lowest BCUT2D eigenvalue weighted by Crippen LogP contribution is -2.23. The molecule has 2 unspecified atom stereocenters. The zero-order valence-corrected chi connectivity index (χ0v) is 9.45. The van der Waals surface area contributed by atoms with Crippen molar-refractivity contribution >= 4 is 5.78 Å². The minimum Gasteiger partial charge on any atom is -0.292 e. The van der Waals surface area contributed by atoms with Crippen molar-refractivity contribution in [3.8, 4) is 0 Å². The van der Waals surface area contributed by atoms with Gasteiger partial charge in [0.05, 0.1) is 0 Å². The van der Waals surface area contributed by atoms with Gasteiger partial charge < -0.3 is 0 Å². The molecule has 0 bridgehead atoms. The molecule has 0 aromatic carbocycles. The van der Waals surface area contributed by atoms with E-state index < -0.39 is 5.82 Å². The third-order valence-electron chi connectivity index (χ3n) is 3.30. The van der Waals surface area contributed by atoms with E-state index in [2.05, 4.69) is 11.9 Å². The molecule has 1 heterocycles. The molecule has 16 heavy (non-hydrogen) atoms. The van der Waals surface area contributed by atoms with Crippen LogP contribution in [0, 0.1) is 17.7 Å². The van der Waals surface area contributed by atoms with Gasteiger partial charge in [-0.05, 0) is 30.9 Å². The van der Waals surface area contributed by atoms with E-state index in [9.17, 15) is 9.18 Å². The van der Waals surface area contributed by atoms with Crippen LogP contribution in [-0.4, -0.2) is 10.8 Å². The summed E-state index contributed by atoms with van der Waals surface area (Å²) in [6.07, 6.45) is 5.46. The molecule has 3 heteroatoms. The Morgan fingerprint density at radius 2 is 2.31 bits per heavy atom. The van der Waals surface area contributed by atoms with Crippen LogP contribution in [0.4, 0.5) is 4.39 Å². The molecule has 0 radical (unpaired) electrons. The summed E-state index contributed by atoms with van der Waals surface area (Å²) in [7, 11) is 0. The Bertz CT molecular complexity index is 391. The second-order valence-corrected chi connectivity index (χ2v) is 4.67. The molecule has 1 aromatic heterocycles. The topological polar surface area (TPSA) is 30.0 Å². The molecule has 1 aliphatic rings. The fraction of sp³-hybridized carbons (Fsp3) is 0.538. The number of rotatable bonds is 2. The minimum absolute atomic E-state index is 0.0154. The lowest BCUT2D eigenvalue weighted by atomic mass is 9.79. The van der Waals surface area contributed by atoms with Crippen molar-refractivity contribution in [3.63, 3.8) is 0 Å². The summed E-state index contributed by atoms with van der Waals surface area (Å²) in [5.74, 6) is -0.0852.